The zero-order chi connectivity index (χ0) is 14.2. The van der Waals surface area contributed by atoms with Gasteiger partial charge in [0, 0.05) is 16.9 Å². The Kier molecular flexibility index (Phi) is 3.12. The average Bonchev–Trinajstić information content (AvgIpc) is 3.17. The van der Waals surface area contributed by atoms with Gasteiger partial charge in [-0.3, -0.25) is 4.79 Å². The molecular weight excluding hydrogens is 302 g/mol. The topological polar surface area (TPSA) is 47.8 Å². The molecule has 1 aliphatic heterocycles. The minimum absolute atomic E-state index is 0.0110. The van der Waals surface area contributed by atoms with Crippen molar-refractivity contribution in [3.8, 4) is 11.4 Å². The Balaban J connectivity index is 1.71. The second-order valence-corrected chi connectivity index (χ2v) is 6.86. The number of thiophene rings is 1. The molecule has 1 aliphatic rings. The molecule has 3 heterocycles. The number of rotatable bonds is 2. The van der Waals surface area contributed by atoms with Crippen LogP contribution in [0.3, 0.4) is 0 Å². The van der Waals surface area contributed by atoms with E-state index in [1.165, 1.54) is 9.56 Å². The lowest BCUT2D eigenvalue weighted by atomic mass is 10.2. The van der Waals surface area contributed by atoms with Gasteiger partial charge in [0.2, 0.25) is 0 Å². The predicted octanol–water partition coefficient (Wildman–Crippen LogP) is 3.88. The number of carbonyl (C=O) groups is 1. The van der Waals surface area contributed by atoms with Crippen molar-refractivity contribution in [3.05, 3.63) is 52.7 Å². The van der Waals surface area contributed by atoms with Gasteiger partial charge in [-0.2, -0.15) is 4.68 Å². The van der Waals surface area contributed by atoms with Gasteiger partial charge in [-0.15, -0.1) is 16.4 Å². The molecule has 4 rings (SSSR count). The lowest BCUT2D eigenvalue weighted by Crippen LogP contribution is -2.20. The molecule has 0 unspecified atom stereocenters. The van der Waals surface area contributed by atoms with Crippen LogP contribution in [0.2, 0.25) is 0 Å². The fraction of sp³-hybridized carbons (Fsp3) is 0.133. The summed E-state index contributed by atoms with van der Waals surface area (Å²) in [6.45, 7) is 0. The molecule has 104 valence electrons. The van der Waals surface area contributed by atoms with E-state index in [-0.39, 0.29) is 11.2 Å². The van der Waals surface area contributed by atoms with Crippen molar-refractivity contribution in [3.63, 3.8) is 0 Å². The highest BCUT2D eigenvalue weighted by atomic mass is 32.2. The molecule has 2 aromatic heterocycles. The Labute approximate surface area is 129 Å². The van der Waals surface area contributed by atoms with Gasteiger partial charge in [-0.25, -0.2) is 4.98 Å². The van der Waals surface area contributed by atoms with Crippen LogP contribution in [0.15, 0.2) is 53.0 Å². The summed E-state index contributed by atoms with van der Waals surface area (Å²) in [6, 6.07) is 13.8. The average molecular weight is 313 g/mol. The molecule has 0 N–H and O–H groups in total. The zero-order valence-corrected chi connectivity index (χ0v) is 12.6. The second-order valence-electron chi connectivity index (χ2n) is 4.72. The SMILES string of the molecule is O=C1C[C@@H](c2cccs2)Sc2nc(-c3ccccc3)nn21. The number of aromatic nitrogens is 3. The summed E-state index contributed by atoms with van der Waals surface area (Å²) < 4.78 is 1.44. The van der Waals surface area contributed by atoms with Crippen LogP contribution in [-0.4, -0.2) is 20.7 Å². The number of thioether (sulfide) groups is 1. The second kappa shape index (κ2) is 5.13. The number of carbonyl (C=O) groups excluding carboxylic acids is 1. The van der Waals surface area contributed by atoms with E-state index in [4.69, 9.17) is 0 Å². The maximum atomic E-state index is 12.3. The van der Waals surface area contributed by atoms with E-state index in [0.29, 0.717) is 17.4 Å². The first-order valence-corrected chi connectivity index (χ1v) is 8.33. The van der Waals surface area contributed by atoms with Crippen LogP contribution in [0.4, 0.5) is 0 Å². The van der Waals surface area contributed by atoms with Gasteiger partial charge in [0.15, 0.2) is 11.0 Å². The summed E-state index contributed by atoms with van der Waals surface area (Å²) in [6.07, 6.45) is 0.468. The molecule has 0 saturated carbocycles. The van der Waals surface area contributed by atoms with E-state index >= 15 is 0 Å². The molecule has 21 heavy (non-hydrogen) atoms. The van der Waals surface area contributed by atoms with Gasteiger partial charge < -0.3 is 0 Å². The molecule has 0 fully saturated rings. The maximum absolute atomic E-state index is 12.3. The number of benzene rings is 1. The zero-order valence-electron chi connectivity index (χ0n) is 11.0. The van der Waals surface area contributed by atoms with E-state index in [1.54, 1.807) is 23.1 Å². The van der Waals surface area contributed by atoms with E-state index in [0.717, 1.165) is 5.56 Å². The molecule has 0 saturated heterocycles. The number of fused-ring (bicyclic) bond motifs is 1. The molecule has 1 aromatic carbocycles. The van der Waals surface area contributed by atoms with Crippen molar-refractivity contribution in [1.82, 2.24) is 14.8 Å². The number of nitrogens with zero attached hydrogens (tertiary/aromatic N) is 3. The molecule has 0 bridgehead atoms. The molecule has 1 atom stereocenters. The Morgan fingerprint density at radius 2 is 2.00 bits per heavy atom. The van der Waals surface area contributed by atoms with Gasteiger partial charge >= 0.3 is 0 Å². The van der Waals surface area contributed by atoms with Crippen LogP contribution in [0, 0.1) is 0 Å². The highest BCUT2D eigenvalue weighted by molar-refractivity contribution is 7.99. The molecule has 0 radical (unpaired) electrons. The summed E-state index contributed by atoms with van der Waals surface area (Å²) in [5, 5.41) is 7.23. The van der Waals surface area contributed by atoms with Gasteiger partial charge in [-0.05, 0) is 11.4 Å². The van der Waals surface area contributed by atoms with Gasteiger partial charge in [0.1, 0.15) is 0 Å². The Morgan fingerprint density at radius 3 is 2.76 bits per heavy atom. The minimum atomic E-state index is 0.0110. The Bertz CT molecular complexity index is 781. The third kappa shape index (κ3) is 2.30. The fourth-order valence-electron chi connectivity index (χ4n) is 2.29. The maximum Gasteiger partial charge on any atom is 0.250 e. The van der Waals surface area contributed by atoms with Gasteiger partial charge in [0.25, 0.3) is 5.91 Å². The first-order chi connectivity index (χ1) is 10.3. The number of hydrogen-bond acceptors (Lipinski definition) is 5. The summed E-state index contributed by atoms with van der Waals surface area (Å²) in [5.41, 5.74) is 0.931. The third-order valence-electron chi connectivity index (χ3n) is 3.31. The molecule has 4 nitrogen and oxygen atoms in total. The van der Waals surface area contributed by atoms with Crippen molar-refractivity contribution in [1.29, 1.82) is 0 Å². The summed E-state index contributed by atoms with van der Waals surface area (Å²) in [5.74, 6) is 0.620. The largest absolute Gasteiger partial charge is 0.272 e. The normalized spacial score (nSPS) is 17.7. The molecule has 6 heteroatoms. The van der Waals surface area contributed by atoms with Crippen molar-refractivity contribution < 1.29 is 4.79 Å². The molecular formula is C15H11N3OS2. The minimum Gasteiger partial charge on any atom is -0.272 e. The predicted molar refractivity (Wildman–Crippen MR) is 83.6 cm³/mol. The lowest BCUT2D eigenvalue weighted by molar-refractivity contribution is 0.0868. The smallest absolute Gasteiger partial charge is 0.250 e. The van der Waals surface area contributed by atoms with Crippen molar-refractivity contribution >= 4 is 29.0 Å². The van der Waals surface area contributed by atoms with Crippen LogP contribution >= 0.6 is 23.1 Å². The van der Waals surface area contributed by atoms with E-state index in [1.807, 2.05) is 41.8 Å². The standard InChI is InChI=1S/C15H11N3OS2/c19-13-9-12(11-7-4-8-20-11)21-15-16-14(17-18(13)15)10-5-2-1-3-6-10/h1-8,12H,9H2/t12-/m0/s1. The van der Waals surface area contributed by atoms with Crippen molar-refractivity contribution in [2.24, 2.45) is 0 Å². The molecule has 0 amide bonds. The van der Waals surface area contributed by atoms with E-state index in [9.17, 15) is 4.79 Å². The lowest BCUT2D eigenvalue weighted by Gasteiger charge is -2.18. The van der Waals surface area contributed by atoms with Crippen LogP contribution < -0.4 is 0 Å². The molecule has 0 aliphatic carbocycles. The van der Waals surface area contributed by atoms with Crippen LogP contribution in [-0.2, 0) is 0 Å². The monoisotopic (exact) mass is 313 g/mol. The summed E-state index contributed by atoms with van der Waals surface area (Å²) >= 11 is 3.29. The van der Waals surface area contributed by atoms with Crippen molar-refractivity contribution in [2.75, 3.05) is 0 Å². The molecule has 0 spiro atoms. The third-order valence-corrected chi connectivity index (χ3v) is 5.63. The Hall–Kier alpha value is -1.92. The van der Waals surface area contributed by atoms with E-state index in [2.05, 4.69) is 16.1 Å². The highest BCUT2D eigenvalue weighted by Gasteiger charge is 2.30. The Morgan fingerprint density at radius 1 is 1.14 bits per heavy atom. The fourth-order valence-corrected chi connectivity index (χ4v) is 4.37. The van der Waals surface area contributed by atoms with Crippen LogP contribution in [0.5, 0.6) is 0 Å². The van der Waals surface area contributed by atoms with Crippen LogP contribution in [0.1, 0.15) is 21.3 Å². The first-order valence-electron chi connectivity index (χ1n) is 6.57. The highest BCUT2D eigenvalue weighted by Crippen LogP contribution is 2.42. The van der Waals surface area contributed by atoms with Crippen LogP contribution in [0.25, 0.3) is 11.4 Å². The first kappa shape index (κ1) is 12.8. The quantitative estimate of drug-likeness (QED) is 0.720. The van der Waals surface area contributed by atoms with Gasteiger partial charge in [0.05, 0.1) is 5.25 Å². The molecule has 3 aromatic rings. The summed E-state index contributed by atoms with van der Waals surface area (Å²) in [7, 11) is 0. The number of hydrogen-bond donors (Lipinski definition) is 0. The van der Waals surface area contributed by atoms with E-state index < -0.39 is 0 Å². The van der Waals surface area contributed by atoms with Gasteiger partial charge in [-0.1, -0.05) is 48.2 Å². The van der Waals surface area contributed by atoms with Crippen molar-refractivity contribution in [2.45, 2.75) is 16.8 Å². The summed E-state index contributed by atoms with van der Waals surface area (Å²) in [4.78, 5) is 18.0.